The van der Waals surface area contributed by atoms with Gasteiger partial charge in [0.25, 0.3) is 0 Å². The number of primary amides is 1. The van der Waals surface area contributed by atoms with Crippen LogP contribution in [0, 0.1) is 5.82 Å². The molecule has 0 aliphatic heterocycles. The van der Waals surface area contributed by atoms with Crippen molar-refractivity contribution in [2.24, 2.45) is 5.73 Å². The van der Waals surface area contributed by atoms with Crippen LogP contribution in [0.15, 0.2) is 66.7 Å². The summed E-state index contributed by atoms with van der Waals surface area (Å²) in [6.07, 6.45) is 0.617. The summed E-state index contributed by atoms with van der Waals surface area (Å²) in [5.74, 6) is -1.98. The predicted molar refractivity (Wildman–Crippen MR) is 130 cm³/mol. The number of rotatable bonds is 7. The van der Waals surface area contributed by atoms with E-state index in [1.165, 1.54) is 12.1 Å². The molecule has 0 spiro atoms. The average Bonchev–Trinajstić information content (AvgIpc) is 2.83. The van der Waals surface area contributed by atoms with E-state index in [0.717, 1.165) is 34.4 Å². The molecule has 0 heterocycles. The van der Waals surface area contributed by atoms with Crippen LogP contribution in [0.25, 0.3) is 11.1 Å². The minimum absolute atomic E-state index is 0.301. The summed E-state index contributed by atoms with van der Waals surface area (Å²) in [5, 5.41) is 3.39. The van der Waals surface area contributed by atoms with Gasteiger partial charge in [-0.15, -0.1) is 0 Å². The Kier molecular flexibility index (Phi) is 7.08. The van der Waals surface area contributed by atoms with E-state index in [4.69, 9.17) is 10.5 Å². The highest BCUT2D eigenvalue weighted by atomic mass is 19.1. The van der Waals surface area contributed by atoms with Gasteiger partial charge in [0.2, 0.25) is 5.91 Å². The summed E-state index contributed by atoms with van der Waals surface area (Å²) in [7, 11) is 0. The van der Waals surface area contributed by atoms with Crippen LogP contribution in [0.2, 0.25) is 0 Å². The molecular formula is C28H29FN2O3. The Labute approximate surface area is 199 Å². The first-order chi connectivity index (χ1) is 16.3. The van der Waals surface area contributed by atoms with Gasteiger partial charge in [0.05, 0.1) is 11.5 Å². The maximum Gasteiger partial charge on any atom is 0.338 e. The molecule has 0 bridgehead atoms. The van der Waals surface area contributed by atoms with E-state index >= 15 is 0 Å². The zero-order valence-electron chi connectivity index (χ0n) is 19.4. The molecule has 6 heteroatoms. The molecule has 0 fully saturated rings. The minimum Gasteiger partial charge on any atom is -0.458 e. The van der Waals surface area contributed by atoms with E-state index in [9.17, 15) is 14.0 Å². The third-order valence-corrected chi connectivity index (χ3v) is 6.19. The van der Waals surface area contributed by atoms with E-state index in [2.05, 4.69) is 25.2 Å². The Balaban J connectivity index is 1.48. The largest absolute Gasteiger partial charge is 0.458 e. The normalized spacial score (nSPS) is 17.3. The molecule has 176 valence electrons. The van der Waals surface area contributed by atoms with Gasteiger partial charge < -0.3 is 15.8 Å². The van der Waals surface area contributed by atoms with E-state index in [-0.39, 0.29) is 5.82 Å². The number of aryl methyl sites for hydroxylation is 1. The lowest BCUT2D eigenvalue weighted by Crippen LogP contribution is -2.38. The van der Waals surface area contributed by atoms with Crippen LogP contribution in [0.3, 0.4) is 0 Å². The van der Waals surface area contributed by atoms with Crippen molar-refractivity contribution >= 4 is 11.9 Å². The highest BCUT2D eigenvalue weighted by Gasteiger charge is 2.36. The third kappa shape index (κ3) is 5.34. The van der Waals surface area contributed by atoms with Crippen LogP contribution in [-0.4, -0.2) is 24.0 Å². The number of ether oxygens (including phenoxy) is 1. The highest BCUT2D eigenvalue weighted by molar-refractivity contribution is 5.91. The van der Waals surface area contributed by atoms with Crippen LogP contribution in [0.5, 0.6) is 0 Å². The molecular weight excluding hydrogens is 431 g/mol. The summed E-state index contributed by atoms with van der Waals surface area (Å²) < 4.78 is 18.9. The Morgan fingerprint density at radius 1 is 1.03 bits per heavy atom. The van der Waals surface area contributed by atoms with Gasteiger partial charge in [-0.3, -0.25) is 4.79 Å². The monoisotopic (exact) mass is 460 g/mol. The van der Waals surface area contributed by atoms with Crippen LogP contribution < -0.4 is 11.1 Å². The Morgan fingerprint density at radius 3 is 2.29 bits per heavy atom. The molecule has 2 unspecified atom stereocenters. The number of carbonyl (C=O) groups is 2. The highest BCUT2D eigenvalue weighted by Crippen LogP contribution is 2.35. The molecule has 3 N–H and O–H groups in total. The Bertz CT molecular complexity index is 1170. The molecule has 1 aliphatic rings. The number of benzene rings is 3. The van der Waals surface area contributed by atoms with Crippen molar-refractivity contribution in [3.05, 3.63) is 94.8 Å². The van der Waals surface area contributed by atoms with E-state index < -0.39 is 23.9 Å². The van der Waals surface area contributed by atoms with Gasteiger partial charge in [-0.05, 0) is 64.9 Å². The first-order valence-electron chi connectivity index (χ1n) is 11.5. The minimum atomic E-state index is -0.682. The fraction of sp³-hybridized carbons (Fsp3) is 0.286. The zero-order valence-corrected chi connectivity index (χ0v) is 19.4. The Hall–Kier alpha value is -3.51. The smallest absolute Gasteiger partial charge is 0.338 e. The Morgan fingerprint density at radius 2 is 1.68 bits per heavy atom. The fourth-order valence-electron chi connectivity index (χ4n) is 4.39. The van der Waals surface area contributed by atoms with Crippen molar-refractivity contribution in [1.29, 1.82) is 0 Å². The maximum atomic E-state index is 13.2. The number of carbonyl (C=O) groups excluding carboxylic acids is 2. The molecule has 0 aromatic heterocycles. The fourth-order valence-corrected chi connectivity index (χ4v) is 4.39. The second-order valence-corrected chi connectivity index (χ2v) is 9.02. The number of nitrogens with one attached hydrogen (secondary N) is 1. The van der Waals surface area contributed by atoms with Crippen molar-refractivity contribution in [2.75, 3.05) is 0 Å². The number of halogens is 1. The SMILES string of the molecule is CC(C)NCc1ccc2c(c1)CCC(OC(=O)c1ccc(-c3ccc(F)cc3)cc1)C2C(N)=O. The predicted octanol–water partition coefficient (Wildman–Crippen LogP) is 4.73. The lowest BCUT2D eigenvalue weighted by Gasteiger charge is -2.31. The van der Waals surface area contributed by atoms with Gasteiger partial charge >= 0.3 is 5.97 Å². The molecule has 1 amide bonds. The first kappa shape index (κ1) is 23.6. The molecule has 1 aliphatic carbocycles. The molecule has 0 saturated carbocycles. The van der Waals surface area contributed by atoms with Crippen molar-refractivity contribution in [1.82, 2.24) is 5.32 Å². The van der Waals surface area contributed by atoms with Gasteiger partial charge in [0, 0.05) is 12.6 Å². The summed E-state index contributed by atoms with van der Waals surface area (Å²) in [6, 6.07) is 19.5. The molecule has 0 saturated heterocycles. The van der Waals surface area contributed by atoms with Gasteiger partial charge in [0.15, 0.2) is 0 Å². The van der Waals surface area contributed by atoms with Crippen LogP contribution in [0.1, 0.15) is 53.2 Å². The van der Waals surface area contributed by atoms with E-state index in [0.29, 0.717) is 24.4 Å². The van der Waals surface area contributed by atoms with Crippen molar-refractivity contribution in [2.45, 2.75) is 51.3 Å². The van der Waals surface area contributed by atoms with Crippen LogP contribution in [0.4, 0.5) is 4.39 Å². The number of nitrogens with two attached hydrogens (primary N) is 1. The van der Waals surface area contributed by atoms with Crippen molar-refractivity contribution in [3.63, 3.8) is 0 Å². The van der Waals surface area contributed by atoms with E-state index in [1.54, 1.807) is 36.4 Å². The second kappa shape index (κ2) is 10.2. The zero-order chi connectivity index (χ0) is 24.2. The lowest BCUT2D eigenvalue weighted by molar-refractivity contribution is -0.122. The van der Waals surface area contributed by atoms with Crippen LogP contribution in [-0.2, 0) is 22.5 Å². The van der Waals surface area contributed by atoms with Gasteiger partial charge in [-0.1, -0.05) is 56.3 Å². The topological polar surface area (TPSA) is 81.4 Å². The quantitative estimate of drug-likeness (QED) is 0.500. The second-order valence-electron chi connectivity index (χ2n) is 9.02. The molecule has 5 nitrogen and oxygen atoms in total. The lowest BCUT2D eigenvalue weighted by atomic mass is 9.79. The number of amides is 1. The molecule has 2 atom stereocenters. The summed E-state index contributed by atoms with van der Waals surface area (Å²) >= 11 is 0. The summed E-state index contributed by atoms with van der Waals surface area (Å²) in [6.45, 7) is 4.94. The number of hydrogen-bond acceptors (Lipinski definition) is 4. The van der Waals surface area contributed by atoms with Crippen molar-refractivity contribution < 1.29 is 18.7 Å². The van der Waals surface area contributed by atoms with Gasteiger partial charge in [-0.25, -0.2) is 9.18 Å². The first-order valence-corrected chi connectivity index (χ1v) is 11.5. The molecule has 34 heavy (non-hydrogen) atoms. The average molecular weight is 461 g/mol. The van der Waals surface area contributed by atoms with Crippen LogP contribution >= 0.6 is 0 Å². The summed E-state index contributed by atoms with van der Waals surface area (Å²) in [4.78, 5) is 25.2. The summed E-state index contributed by atoms with van der Waals surface area (Å²) in [5.41, 5.74) is 10.9. The van der Waals surface area contributed by atoms with Crippen molar-refractivity contribution in [3.8, 4) is 11.1 Å². The third-order valence-electron chi connectivity index (χ3n) is 6.19. The number of esters is 1. The molecule has 0 radical (unpaired) electrons. The van der Waals surface area contributed by atoms with Gasteiger partial charge in [-0.2, -0.15) is 0 Å². The number of hydrogen-bond donors (Lipinski definition) is 2. The molecule has 3 aromatic rings. The van der Waals surface area contributed by atoms with Gasteiger partial charge in [0.1, 0.15) is 11.9 Å². The standard InChI is InChI=1S/C28H29FN2O3/c1-17(2)31-16-18-3-13-24-22(15-18)10-14-25(26(24)27(30)32)34-28(33)21-6-4-19(5-7-21)20-8-11-23(29)12-9-20/h3-9,11-13,15,17,25-26,31H,10,14,16H2,1-2H3,(H2,30,32). The number of fused-ring (bicyclic) bond motifs is 1. The molecule has 3 aromatic carbocycles. The maximum absolute atomic E-state index is 13.2. The molecule has 4 rings (SSSR count). The van der Waals surface area contributed by atoms with E-state index in [1.807, 2.05) is 12.1 Å².